The summed E-state index contributed by atoms with van der Waals surface area (Å²) in [5.74, 6) is 0.706. The van der Waals surface area contributed by atoms with Crippen LogP contribution in [0, 0.1) is 0 Å². The average Bonchev–Trinajstić information content (AvgIpc) is 2.34. The zero-order chi connectivity index (χ0) is 13.2. The zero-order valence-corrected chi connectivity index (χ0v) is 11.9. The van der Waals surface area contributed by atoms with Gasteiger partial charge < -0.3 is 5.11 Å². The van der Waals surface area contributed by atoms with E-state index in [1.165, 1.54) is 0 Å². The fourth-order valence-electron chi connectivity index (χ4n) is 1.84. The van der Waals surface area contributed by atoms with Crippen LogP contribution in [-0.4, -0.2) is 20.6 Å². The van der Waals surface area contributed by atoms with Crippen molar-refractivity contribution < 1.29 is 5.11 Å². The number of hydrogen-bond acceptors (Lipinski definition) is 3. The first-order chi connectivity index (χ1) is 8.47. The molecule has 1 heterocycles. The minimum Gasteiger partial charge on any atom is -0.388 e. The molecular weight excluding hydrogens is 242 g/mol. The molecule has 2 rings (SSSR count). The maximum Gasteiger partial charge on any atom is 0.0887 e. The van der Waals surface area contributed by atoms with E-state index in [2.05, 4.69) is 25.8 Å². The van der Waals surface area contributed by atoms with Crippen LogP contribution in [0.25, 0.3) is 10.9 Å². The number of rotatable bonds is 3. The highest BCUT2D eigenvalue weighted by atomic mass is 32.2. The Morgan fingerprint density at radius 3 is 2.72 bits per heavy atom. The number of benzene rings is 1. The van der Waals surface area contributed by atoms with Gasteiger partial charge in [-0.15, -0.1) is 0 Å². The third kappa shape index (κ3) is 3.24. The van der Waals surface area contributed by atoms with Gasteiger partial charge in [0, 0.05) is 22.1 Å². The van der Waals surface area contributed by atoms with Gasteiger partial charge in [-0.3, -0.25) is 4.98 Å². The molecule has 0 aliphatic heterocycles. The molecule has 0 radical (unpaired) electrons. The van der Waals surface area contributed by atoms with E-state index in [1.54, 1.807) is 18.0 Å². The number of aromatic nitrogens is 1. The van der Waals surface area contributed by atoms with Crippen LogP contribution in [0.2, 0.25) is 0 Å². The van der Waals surface area contributed by atoms with Crippen LogP contribution in [-0.2, 0) is 0 Å². The summed E-state index contributed by atoms with van der Waals surface area (Å²) in [6, 6.07) is 9.84. The molecule has 2 nitrogen and oxygen atoms in total. The monoisotopic (exact) mass is 261 g/mol. The Hall–Kier alpha value is -1.06. The molecule has 0 saturated carbocycles. The van der Waals surface area contributed by atoms with Crippen molar-refractivity contribution >= 4 is 22.7 Å². The second-order valence-electron chi connectivity index (χ2n) is 5.36. The molecule has 1 aromatic heterocycles. The Morgan fingerprint density at radius 2 is 2.00 bits per heavy atom. The second-order valence-corrected chi connectivity index (χ2v) is 7.20. The van der Waals surface area contributed by atoms with Crippen molar-refractivity contribution in [1.29, 1.82) is 0 Å². The Morgan fingerprint density at radius 1 is 1.22 bits per heavy atom. The van der Waals surface area contributed by atoms with Crippen LogP contribution in [0.4, 0.5) is 0 Å². The van der Waals surface area contributed by atoms with E-state index in [4.69, 9.17) is 0 Å². The summed E-state index contributed by atoms with van der Waals surface area (Å²) in [5.41, 5.74) is 1.91. The molecule has 0 amide bonds. The molecular formula is C15H19NOS. The predicted octanol–water partition coefficient (Wildman–Crippen LogP) is 3.80. The fourth-order valence-corrected chi connectivity index (χ4v) is 2.67. The highest BCUT2D eigenvalue weighted by Gasteiger charge is 2.16. The average molecular weight is 261 g/mol. The SMILES string of the molecule is CC(C)(C)SCC(O)c1cccc2ncccc12. The first-order valence-corrected chi connectivity index (χ1v) is 7.11. The van der Waals surface area contributed by atoms with E-state index in [0.29, 0.717) is 5.75 Å². The number of hydrogen-bond donors (Lipinski definition) is 1. The minimum atomic E-state index is -0.442. The van der Waals surface area contributed by atoms with E-state index >= 15 is 0 Å². The van der Waals surface area contributed by atoms with Crippen molar-refractivity contribution in [2.45, 2.75) is 31.6 Å². The molecule has 0 fully saturated rings. The molecule has 1 aromatic carbocycles. The van der Waals surface area contributed by atoms with Gasteiger partial charge in [0.2, 0.25) is 0 Å². The van der Waals surface area contributed by atoms with E-state index in [0.717, 1.165) is 16.5 Å². The third-order valence-electron chi connectivity index (χ3n) is 2.71. The number of pyridine rings is 1. The van der Waals surface area contributed by atoms with Gasteiger partial charge in [-0.05, 0) is 17.7 Å². The van der Waals surface area contributed by atoms with Crippen molar-refractivity contribution in [3.63, 3.8) is 0 Å². The summed E-state index contributed by atoms with van der Waals surface area (Å²) in [5, 5.41) is 11.4. The summed E-state index contributed by atoms with van der Waals surface area (Å²) in [7, 11) is 0. The predicted molar refractivity (Wildman–Crippen MR) is 78.9 cm³/mol. The Labute approximate surface area is 112 Å². The molecule has 0 saturated heterocycles. The smallest absolute Gasteiger partial charge is 0.0887 e. The van der Waals surface area contributed by atoms with Crippen LogP contribution < -0.4 is 0 Å². The second kappa shape index (κ2) is 5.29. The molecule has 0 aliphatic rings. The number of nitrogens with zero attached hydrogens (tertiary/aromatic N) is 1. The normalized spacial score (nSPS) is 13.8. The fraction of sp³-hybridized carbons (Fsp3) is 0.400. The summed E-state index contributed by atoms with van der Waals surface area (Å²) < 4.78 is 0.170. The molecule has 3 heteroatoms. The van der Waals surface area contributed by atoms with Crippen molar-refractivity contribution in [1.82, 2.24) is 4.98 Å². The van der Waals surface area contributed by atoms with Gasteiger partial charge in [-0.2, -0.15) is 11.8 Å². The lowest BCUT2D eigenvalue weighted by molar-refractivity contribution is 0.205. The molecule has 1 atom stereocenters. The molecule has 18 heavy (non-hydrogen) atoms. The largest absolute Gasteiger partial charge is 0.388 e. The molecule has 2 aromatic rings. The van der Waals surface area contributed by atoms with E-state index in [1.807, 2.05) is 30.3 Å². The molecule has 0 aliphatic carbocycles. The van der Waals surface area contributed by atoms with Gasteiger partial charge >= 0.3 is 0 Å². The van der Waals surface area contributed by atoms with Crippen molar-refractivity contribution in [3.8, 4) is 0 Å². The maximum absolute atomic E-state index is 10.3. The standard InChI is InChI=1S/C15H19NOS/c1-15(2,3)18-10-14(17)12-6-4-8-13-11(12)7-5-9-16-13/h4-9,14,17H,10H2,1-3H3. The van der Waals surface area contributed by atoms with Gasteiger partial charge in [0.15, 0.2) is 0 Å². The van der Waals surface area contributed by atoms with Gasteiger partial charge in [-0.1, -0.05) is 39.0 Å². The zero-order valence-electron chi connectivity index (χ0n) is 11.1. The quantitative estimate of drug-likeness (QED) is 0.912. The number of fused-ring (bicyclic) bond motifs is 1. The van der Waals surface area contributed by atoms with Crippen molar-refractivity contribution in [3.05, 3.63) is 42.1 Å². The topological polar surface area (TPSA) is 33.1 Å². The minimum absolute atomic E-state index is 0.170. The molecule has 0 spiro atoms. The summed E-state index contributed by atoms with van der Waals surface area (Å²) >= 11 is 1.77. The number of aliphatic hydroxyl groups excluding tert-OH is 1. The Balaban J connectivity index is 2.25. The molecule has 1 unspecified atom stereocenters. The highest BCUT2D eigenvalue weighted by Crippen LogP contribution is 2.30. The van der Waals surface area contributed by atoms with Crippen LogP contribution in [0.3, 0.4) is 0 Å². The first-order valence-electron chi connectivity index (χ1n) is 6.13. The van der Waals surface area contributed by atoms with Gasteiger partial charge in [0.1, 0.15) is 0 Å². The Bertz CT molecular complexity index is 528. The molecule has 1 N–H and O–H groups in total. The first kappa shape index (κ1) is 13.4. The van der Waals surface area contributed by atoms with E-state index < -0.39 is 6.10 Å². The lowest BCUT2D eigenvalue weighted by atomic mass is 10.0. The van der Waals surface area contributed by atoms with Crippen LogP contribution in [0.5, 0.6) is 0 Å². The highest BCUT2D eigenvalue weighted by molar-refractivity contribution is 8.00. The summed E-state index contributed by atoms with van der Waals surface area (Å²) in [6.07, 6.45) is 1.34. The maximum atomic E-state index is 10.3. The molecule has 0 bridgehead atoms. The molecule has 96 valence electrons. The van der Waals surface area contributed by atoms with Crippen LogP contribution in [0.15, 0.2) is 36.5 Å². The van der Waals surface area contributed by atoms with E-state index in [9.17, 15) is 5.11 Å². The third-order valence-corrected chi connectivity index (χ3v) is 4.06. The summed E-state index contributed by atoms with van der Waals surface area (Å²) in [6.45, 7) is 6.49. The van der Waals surface area contributed by atoms with Crippen molar-refractivity contribution in [2.75, 3.05) is 5.75 Å². The van der Waals surface area contributed by atoms with Crippen LogP contribution >= 0.6 is 11.8 Å². The summed E-state index contributed by atoms with van der Waals surface area (Å²) in [4.78, 5) is 4.32. The van der Waals surface area contributed by atoms with E-state index in [-0.39, 0.29) is 4.75 Å². The lowest BCUT2D eigenvalue weighted by Crippen LogP contribution is -2.12. The van der Waals surface area contributed by atoms with Crippen LogP contribution in [0.1, 0.15) is 32.4 Å². The Kier molecular flexibility index (Phi) is 3.93. The van der Waals surface area contributed by atoms with Crippen molar-refractivity contribution in [2.24, 2.45) is 0 Å². The van der Waals surface area contributed by atoms with Gasteiger partial charge in [0.05, 0.1) is 11.6 Å². The number of aliphatic hydroxyl groups is 1. The van der Waals surface area contributed by atoms with Gasteiger partial charge in [0.25, 0.3) is 0 Å². The number of thioether (sulfide) groups is 1. The van der Waals surface area contributed by atoms with Gasteiger partial charge in [-0.25, -0.2) is 0 Å². The lowest BCUT2D eigenvalue weighted by Gasteiger charge is -2.20.